The number of nitrogens with zero attached hydrogens (tertiary/aromatic N) is 2. The van der Waals surface area contributed by atoms with E-state index in [2.05, 4.69) is 10.3 Å². The van der Waals surface area contributed by atoms with Gasteiger partial charge < -0.3 is 5.73 Å². The molecule has 21 heavy (non-hydrogen) atoms. The second-order valence-electron chi connectivity index (χ2n) is 4.69. The summed E-state index contributed by atoms with van der Waals surface area (Å²) < 4.78 is 0. The van der Waals surface area contributed by atoms with Crippen molar-refractivity contribution in [3.05, 3.63) is 44.4 Å². The van der Waals surface area contributed by atoms with Crippen LogP contribution in [0.3, 0.4) is 0 Å². The molecular formula is C13H12N4O3S. The number of aryl methyl sites for hydroxylation is 2. The molecule has 1 heterocycles. The highest BCUT2D eigenvalue weighted by Crippen LogP contribution is 2.31. The van der Waals surface area contributed by atoms with E-state index >= 15 is 0 Å². The maximum absolute atomic E-state index is 12.2. The highest BCUT2D eigenvalue weighted by Gasteiger charge is 2.21. The number of nitrogens with one attached hydrogen (secondary N) is 1. The predicted octanol–water partition coefficient (Wildman–Crippen LogP) is 2.37. The molecule has 1 aromatic heterocycles. The third kappa shape index (κ3) is 2.45. The van der Waals surface area contributed by atoms with E-state index in [1.54, 1.807) is 0 Å². The number of carbonyl (C=O) groups excluding carboxylic acids is 1. The van der Waals surface area contributed by atoms with Gasteiger partial charge in [0.25, 0.3) is 11.6 Å². The van der Waals surface area contributed by atoms with Crippen molar-refractivity contribution in [2.45, 2.75) is 19.3 Å². The van der Waals surface area contributed by atoms with Crippen LogP contribution in [0.1, 0.15) is 27.3 Å². The van der Waals surface area contributed by atoms with Crippen LogP contribution in [0.4, 0.5) is 16.5 Å². The number of hydrogen-bond donors (Lipinski definition) is 2. The number of anilines is 2. The van der Waals surface area contributed by atoms with E-state index in [0.29, 0.717) is 5.13 Å². The number of nitrogen functional groups attached to an aromatic ring is 1. The molecule has 1 aliphatic carbocycles. The van der Waals surface area contributed by atoms with Crippen LogP contribution < -0.4 is 11.1 Å². The van der Waals surface area contributed by atoms with Gasteiger partial charge in [0.2, 0.25) is 0 Å². The molecule has 108 valence electrons. The number of carbonyl (C=O) groups is 1. The second-order valence-corrected chi connectivity index (χ2v) is 5.78. The van der Waals surface area contributed by atoms with Gasteiger partial charge in [-0.3, -0.25) is 20.2 Å². The molecule has 0 spiro atoms. The second kappa shape index (κ2) is 5.13. The molecule has 3 rings (SSSR count). The third-order valence-corrected chi connectivity index (χ3v) is 4.41. The smallest absolute Gasteiger partial charge is 0.292 e. The van der Waals surface area contributed by atoms with E-state index in [-0.39, 0.29) is 16.9 Å². The third-order valence-electron chi connectivity index (χ3n) is 3.34. The first kappa shape index (κ1) is 13.5. The molecule has 2 aromatic rings. The number of fused-ring (bicyclic) bond motifs is 1. The summed E-state index contributed by atoms with van der Waals surface area (Å²) in [5.74, 6) is -0.483. The van der Waals surface area contributed by atoms with Crippen molar-refractivity contribution in [1.82, 2.24) is 4.98 Å². The summed E-state index contributed by atoms with van der Waals surface area (Å²) in [6.07, 6.45) is 3.02. The van der Waals surface area contributed by atoms with Crippen LogP contribution in [0.15, 0.2) is 18.2 Å². The van der Waals surface area contributed by atoms with E-state index in [1.165, 1.54) is 34.4 Å². The topological polar surface area (TPSA) is 111 Å². The maximum atomic E-state index is 12.2. The first-order valence-electron chi connectivity index (χ1n) is 6.39. The summed E-state index contributed by atoms with van der Waals surface area (Å²) in [4.78, 5) is 28.0. The van der Waals surface area contributed by atoms with Crippen LogP contribution in [0.5, 0.6) is 0 Å². The summed E-state index contributed by atoms with van der Waals surface area (Å²) in [7, 11) is 0. The number of hydrogen-bond acceptors (Lipinski definition) is 6. The molecule has 0 aliphatic heterocycles. The molecule has 1 aliphatic rings. The van der Waals surface area contributed by atoms with E-state index < -0.39 is 10.8 Å². The largest absolute Gasteiger partial charge is 0.393 e. The first-order valence-corrected chi connectivity index (χ1v) is 7.20. The van der Waals surface area contributed by atoms with Crippen molar-refractivity contribution in [2.75, 3.05) is 11.1 Å². The van der Waals surface area contributed by atoms with Crippen LogP contribution in [0.25, 0.3) is 0 Å². The summed E-state index contributed by atoms with van der Waals surface area (Å²) in [5, 5.41) is 14.0. The monoisotopic (exact) mass is 304 g/mol. The molecule has 1 aromatic carbocycles. The van der Waals surface area contributed by atoms with Gasteiger partial charge in [-0.1, -0.05) is 6.07 Å². The van der Waals surface area contributed by atoms with Crippen LogP contribution in [0.2, 0.25) is 0 Å². The molecule has 0 bridgehead atoms. The number of nitrogens with two attached hydrogens (primary N) is 1. The maximum Gasteiger partial charge on any atom is 0.292 e. The number of aromatic nitrogens is 1. The fraction of sp³-hybridized carbons (Fsp3) is 0.231. The minimum Gasteiger partial charge on any atom is -0.393 e. The molecule has 0 atom stereocenters. The number of rotatable bonds is 3. The molecular weight excluding hydrogens is 292 g/mol. The van der Waals surface area contributed by atoms with E-state index in [0.717, 1.165) is 25.0 Å². The summed E-state index contributed by atoms with van der Waals surface area (Å²) in [5.41, 5.74) is 6.40. The molecule has 0 radical (unpaired) electrons. The van der Waals surface area contributed by atoms with Crippen molar-refractivity contribution >= 4 is 33.8 Å². The SMILES string of the molecule is Nc1c(C(=O)Nc2nc3c(s2)CCC3)cccc1[N+](=O)[O-]. The van der Waals surface area contributed by atoms with Crippen LogP contribution in [0, 0.1) is 10.1 Å². The van der Waals surface area contributed by atoms with Gasteiger partial charge in [-0.15, -0.1) is 11.3 Å². The fourth-order valence-electron chi connectivity index (χ4n) is 2.32. The molecule has 0 unspecified atom stereocenters. The Hall–Kier alpha value is -2.48. The van der Waals surface area contributed by atoms with Gasteiger partial charge in [-0.05, 0) is 25.3 Å². The Bertz CT molecular complexity index is 720. The summed E-state index contributed by atoms with van der Waals surface area (Å²) >= 11 is 1.44. The lowest BCUT2D eigenvalue weighted by Crippen LogP contribution is -2.14. The van der Waals surface area contributed by atoms with Crippen molar-refractivity contribution < 1.29 is 9.72 Å². The van der Waals surface area contributed by atoms with E-state index in [1.807, 2.05) is 0 Å². The minimum atomic E-state index is -0.607. The Morgan fingerprint density at radius 1 is 1.43 bits per heavy atom. The summed E-state index contributed by atoms with van der Waals surface area (Å²) in [6.45, 7) is 0. The molecule has 3 N–H and O–H groups in total. The zero-order chi connectivity index (χ0) is 15.0. The summed E-state index contributed by atoms with van der Waals surface area (Å²) in [6, 6.07) is 4.16. The van der Waals surface area contributed by atoms with Gasteiger partial charge in [0.15, 0.2) is 5.13 Å². The molecule has 0 saturated carbocycles. The van der Waals surface area contributed by atoms with E-state index in [4.69, 9.17) is 5.73 Å². The van der Waals surface area contributed by atoms with Crippen LogP contribution in [-0.2, 0) is 12.8 Å². The quantitative estimate of drug-likeness (QED) is 0.513. The zero-order valence-corrected chi connectivity index (χ0v) is 11.8. The standard InChI is InChI=1S/C13H12N4O3S/c14-11-7(3-1-5-9(11)17(19)20)12(18)16-13-15-8-4-2-6-10(8)21-13/h1,3,5H,2,4,6,14H2,(H,15,16,18). The lowest BCUT2D eigenvalue weighted by molar-refractivity contribution is -0.383. The lowest BCUT2D eigenvalue weighted by Gasteiger charge is -2.05. The minimum absolute atomic E-state index is 0.0829. The number of para-hydroxylation sites is 1. The molecule has 1 amide bonds. The molecule has 0 fully saturated rings. The molecule has 0 saturated heterocycles. The number of thiazole rings is 1. The van der Waals surface area contributed by atoms with Gasteiger partial charge in [-0.25, -0.2) is 4.98 Å². The number of amides is 1. The highest BCUT2D eigenvalue weighted by atomic mass is 32.1. The Labute approximate surface area is 124 Å². The van der Waals surface area contributed by atoms with Gasteiger partial charge in [0, 0.05) is 10.9 Å². The van der Waals surface area contributed by atoms with Gasteiger partial charge >= 0.3 is 0 Å². The average Bonchev–Trinajstić information content (AvgIpc) is 2.99. The fourth-order valence-corrected chi connectivity index (χ4v) is 3.36. The number of benzene rings is 1. The Morgan fingerprint density at radius 2 is 2.24 bits per heavy atom. The van der Waals surface area contributed by atoms with Crippen LogP contribution >= 0.6 is 11.3 Å². The first-order chi connectivity index (χ1) is 10.1. The van der Waals surface area contributed by atoms with Crippen molar-refractivity contribution in [3.63, 3.8) is 0 Å². The van der Waals surface area contributed by atoms with Crippen molar-refractivity contribution in [2.24, 2.45) is 0 Å². The van der Waals surface area contributed by atoms with Gasteiger partial charge in [-0.2, -0.15) is 0 Å². The predicted molar refractivity (Wildman–Crippen MR) is 79.6 cm³/mol. The Balaban J connectivity index is 1.85. The van der Waals surface area contributed by atoms with Gasteiger partial charge in [0.1, 0.15) is 5.69 Å². The lowest BCUT2D eigenvalue weighted by atomic mass is 10.1. The Kier molecular flexibility index (Phi) is 3.30. The van der Waals surface area contributed by atoms with E-state index in [9.17, 15) is 14.9 Å². The number of nitro benzene ring substituents is 1. The number of nitro groups is 1. The van der Waals surface area contributed by atoms with Crippen molar-refractivity contribution in [3.8, 4) is 0 Å². The van der Waals surface area contributed by atoms with Crippen LogP contribution in [-0.4, -0.2) is 15.8 Å². The highest BCUT2D eigenvalue weighted by molar-refractivity contribution is 7.16. The molecule has 8 heteroatoms. The molecule has 7 nitrogen and oxygen atoms in total. The van der Waals surface area contributed by atoms with Gasteiger partial charge in [0.05, 0.1) is 16.2 Å². The zero-order valence-electron chi connectivity index (χ0n) is 11.0. The van der Waals surface area contributed by atoms with Crippen molar-refractivity contribution in [1.29, 1.82) is 0 Å². The average molecular weight is 304 g/mol. The normalized spacial score (nSPS) is 13.0. The Morgan fingerprint density at radius 3 is 2.95 bits per heavy atom.